The second-order valence-electron chi connectivity index (χ2n) is 3.98. The molecule has 0 atom stereocenters. The lowest BCUT2D eigenvalue weighted by Crippen LogP contribution is -2.13. The van der Waals surface area contributed by atoms with E-state index in [1.165, 1.54) is 6.07 Å². The van der Waals surface area contributed by atoms with Gasteiger partial charge in [-0.1, -0.05) is 28.0 Å². The molecule has 0 saturated carbocycles. The van der Waals surface area contributed by atoms with Crippen molar-refractivity contribution in [2.24, 2.45) is 0 Å². The topological polar surface area (TPSA) is 38.1 Å². The van der Waals surface area contributed by atoms with Gasteiger partial charge in [0.1, 0.15) is 5.82 Å². The Balaban J connectivity index is 2.16. The SMILES string of the molecule is CCCNCc1cc(-c2cc(Br)ccc2F)on1. The van der Waals surface area contributed by atoms with E-state index in [0.29, 0.717) is 17.9 Å². The molecule has 0 aliphatic carbocycles. The molecule has 1 aromatic heterocycles. The number of nitrogens with one attached hydrogen (secondary N) is 1. The molecule has 0 bridgehead atoms. The molecule has 0 aliphatic rings. The average Bonchev–Trinajstić information content (AvgIpc) is 2.81. The Labute approximate surface area is 113 Å². The van der Waals surface area contributed by atoms with Crippen molar-refractivity contribution in [3.8, 4) is 11.3 Å². The summed E-state index contributed by atoms with van der Waals surface area (Å²) in [4.78, 5) is 0. The molecule has 96 valence electrons. The third-order valence-corrected chi connectivity index (χ3v) is 2.98. The van der Waals surface area contributed by atoms with Crippen LogP contribution in [-0.4, -0.2) is 11.7 Å². The van der Waals surface area contributed by atoms with Gasteiger partial charge in [0.05, 0.1) is 11.3 Å². The summed E-state index contributed by atoms with van der Waals surface area (Å²) in [6.07, 6.45) is 1.06. The van der Waals surface area contributed by atoms with Gasteiger partial charge in [0.15, 0.2) is 5.76 Å². The summed E-state index contributed by atoms with van der Waals surface area (Å²) in [5.74, 6) is 0.129. The Kier molecular flexibility index (Phi) is 4.49. The number of hydrogen-bond donors (Lipinski definition) is 1. The minimum absolute atomic E-state index is 0.317. The van der Waals surface area contributed by atoms with Crippen LogP contribution in [-0.2, 0) is 6.54 Å². The highest BCUT2D eigenvalue weighted by Crippen LogP contribution is 2.26. The highest BCUT2D eigenvalue weighted by Gasteiger charge is 2.11. The van der Waals surface area contributed by atoms with Crippen LogP contribution in [0.4, 0.5) is 4.39 Å². The highest BCUT2D eigenvalue weighted by atomic mass is 79.9. The van der Waals surface area contributed by atoms with E-state index in [0.717, 1.165) is 23.1 Å². The lowest BCUT2D eigenvalue weighted by atomic mass is 10.1. The summed E-state index contributed by atoms with van der Waals surface area (Å²) < 4.78 is 19.6. The van der Waals surface area contributed by atoms with E-state index in [1.54, 1.807) is 18.2 Å². The third kappa shape index (κ3) is 3.17. The molecule has 18 heavy (non-hydrogen) atoms. The van der Waals surface area contributed by atoms with Gasteiger partial charge in [-0.15, -0.1) is 0 Å². The molecule has 2 rings (SSSR count). The van der Waals surface area contributed by atoms with Crippen molar-refractivity contribution in [1.82, 2.24) is 10.5 Å². The van der Waals surface area contributed by atoms with Crippen LogP contribution >= 0.6 is 15.9 Å². The fraction of sp³-hybridized carbons (Fsp3) is 0.308. The average molecular weight is 313 g/mol. The van der Waals surface area contributed by atoms with Crippen LogP contribution in [0.3, 0.4) is 0 Å². The lowest BCUT2D eigenvalue weighted by molar-refractivity contribution is 0.418. The van der Waals surface area contributed by atoms with Gasteiger partial charge in [0, 0.05) is 17.1 Å². The fourth-order valence-corrected chi connectivity index (χ4v) is 1.96. The van der Waals surface area contributed by atoms with Gasteiger partial charge >= 0.3 is 0 Å². The van der Waals surface area contributed by atoms with Gasteiger partial charge in [0.2, 0.25) is 0 Å². The molecule has 1 N–H and O–H groups in total. The van der Waals surface area contributed by atoms with Crippen LogP contribution in [0.1, 0.15) is 19.0 Å². The van der Waals surface area contributed by atoms with Crippen LogP contribution < -0.4 is 5.32 Å². The zero-order chi connectivity index (χ0) is 13.0. The zero-order valence-corrected chi connectivity index (χ0v) is 11.6. The number of aromatic nitrogens is 1. The van der Waals surface area contributed by atoms with E-state index < -0.39 is 0 Å². The van der Waals surface area contributed by atoms with Crippen LogP contribution in [0, 0.1) is 5.82 Å². The van der Waals surface area contributed by atoms with E-state index in [4.69, 9.17) is 4.52 Å². The Morgan fingerprint density at radius 3 is 3.00 bits per heavy atom. The number of rotatable bonds is 5. The van der Waals surface area contributed by atoms with Gasteiger partial charge in [0.25, 0.3) is 0 Å². The summed E-state index contributed by atoms with van der Waals surface area (Å²) in [6, 6.07) is 6.49. The largest absolute Gasteiger partial charge is 0.356 e. The summed E-state index contributed by atoms with van der Waals surface area (Å²) >= 11 is 3.31. The second kappa shape index (κ2) is 6.11. The van der Waals surface area contributed by atoms with Gasteiger partial charge in [-0.05, 0) is 31.2 Å². The monoisotopic (exact) mass is 312 g/mol. The lowest BCUT2D eigenvalue weighted by Gasteiger charge is -1.98. The highest BCUT2D eigenvalue weighted by molar-refractivity contribution is 9.10. The zero-order valence-electron chi connectivity index (χ0n) is 10.0. The summed E-state index contributed by atoms with van der Waals surface area (Å²) in [5.41, 5.74) is 1.19. The van der Waals surface area contributed by atoms with E-state index in [9.17, 15) is 4.39 Å². The maximum Gasteiger partial charge on any atom is 0.170 e. The summed E-state index contributed by atoms with van der Waals surface area (Å²) in [7, 11) is 0. The van der Waals surface area contributed by atoms with Gasteiger partial charge in [-0.3, -0.25) is 0 Å². The molecule has 0 saturated heterocycles. The maximum absolute atomic E-state index is 13.6. The molecule has 1 heterocycles. The number of nitrogens with zero attached hydrogens (tertiary/aromatic N) is 1. The van der Waals surface area contributed by atoms with E-state index in [1.807, 2.05) is 0 Å². The Bertz CT molecular complexity index is 527. The first kappa shape index (κ1) is 13.2. The second-order valence-corrected chi connectivity index (χ2v) is 4.90. The van der Waals surface area contributed by atoms with Crippen LogP contribution in [0.2, 0.25) is 0 Å². The van der Waals surface area contributed by atoms with Crippen LogP contribution in [0.15, 0.2) is 33.3 Å². The van der Waals surface area contributed by atoms with Crippen molar-refractivity contribution in [1.29, 1.82) is 0 Å². The fourth-order valence-electron chi connectivity index (χ4n) is 1.60. The van der Waals surface area contributed by atoms with Crippen molar-refractivity contribution >= 4 is 15.9 Å². The van der Waals surface area contributed by atoms with Crippen LogP contribution in [0.25, 0.3) is 11.3 Å². The summed E-state index contributed by atoms with van der Waals surface area (Å²) in [6.45, 7) is 3.65. The van der Waals surface area contributed by atoms with Crippen molar-refractivity contribution in [2.75, 3.05) is 6.54 Å². The molecule has 0 amide bonds. The first-order chi connectivity index (χ1) is 8.70. The third-order valence-electron chi connectivity index (χ3n) is 2.49. The number of halogens is 2. The molecule has 0 aliphatic heterocycles. The quantitative estimate of drug-likeness (QED) is 0.855. The predicted molar refractivity (Wildman–Crippen MR) is 71.6 cm³/mol. The maximum atomic E-state index is 13.6. The van der Waals surface area contributed by atoms with Gasteiger partial charge in [-0.2, -0.15) is 0 Å². The molecule has 3 nitrogen and oxygen atoms in total. The first-order valence-corrected chi connectivity index (χ1v) is 6.61. The smallest absolute Gasteiger partial charge is 0.170 e. The van der Waals surface area contributed by atoms with Crippen LogP contribution in [0.5, 0.6) is 0 Å². The Hall–Kier alpha value is -1.20. The van der Waals surface area contributed by atoms with Crippen molar-refractivity contribution in [2.45, 2.75) is 19.9 Å². The predicted octanol–water partition coefficient (Wildman–Crippen LogP) is 3.74. The molecule has 0 unspecified atom stereocenters. The minimum atomic E-state index is -0.317. The molecule has 0 fully saturated rings. The van der Waals surface area contributed by atoms with E-state index in [2.05, 4.69) is 33.3 Å². The molecular weight excluding hydrogens is 299 g/mol. The molecule has 2 aromatic rings. The molecule has 0 spiro atoms. The first-order valence-electron chi connectivity index (χ1n) is 5.82. The molecular formula is C13H14BrFN2O. The van der Waals surface area contributed by atoms with Gasteiger partial charge < -0.3 is 9.84 Å². The summed E-state index contributed by atoms with van der Waals surface area (Å²) in [5, 5.41) is 7.13. The van der Waals surface area contributed by atoms with Crippen molar-refractivity contribution in [3.05, 3.63) is 40.2 Å². The number of hydrogen-bond acceptors (Lipinski definition) is 3. The van der Waals surface area contributed by atoms with Crippen molar-refractivity contribution < 1.29 is 8.91 Å². The molecule has 0 radical (unpaired) electrons. The molecule has 1 aromatic carbocycles. The van der Waals surface area contributed by atoms with Gasteiger partial charge in [-0.25, -0.2) is 4.39 Å². The molecule has 5 heteroatoms. The normalized spacial score (nSPS) is 10.8. The Morgan fingerprint density at radius 2 is 2.22 bits per heavy atom. The minimum Gasteiger partial charge on any atom is -0.356 e. The van der Waals surface area contributed by atoms with Crippen molar-refractivity contribution in [3.63, 3.8) is 0 Å². The number of benzene rings is 1. The van der Waals surface area contributed by atoms with E-state index in [-0.39, 0.29) is 5.82 Å². The standard InChI is InChI=1S/C13H14BrFN2O/c1-2-5-16-8-10-7-13(18-17-10)11-6-9(14)3-4-12(11)15/h3-4,6-7,16H,2,5,8H2,1H3. The Morgan fingerprint density at radius 1 is 1.39 bits per heavy atom. The van der Waals surface area contributed by atoms with E-state index >= 15 is 0 Å².